The zero-order valence-corrected chi connectivity index (χ0v) is 16.1. The second kappa shape index (κ2) is 8.99. The molecule has 0 heterocycles. The topological polar surface area (TPSA) is 83.6 Å². The summed E-state index contributed by atoms with van der Waals surface area (Å²) in [4.78, 5) is 25.8. The molecule has 0 aliphatic heterocycles. The zero-order chi connectivity index (χ0) is 20.8. The number of aryl methyl sites for hydroxylation is 1. The smallest absolute Gasteiger partial charge is 0.354 e. The first-order chi connectivity index (χ1) is 14.0. The predicted molar refractivity (Wildman–Crippen MR) is 114 cm³/mol. The molecule has 0 spiro atoms. The molecule has 29 heavy (non-hydrogen) atoms. The molecule has 0 saturated heterocycles. The second-order valence-corrected chi connectivity index (χ2v) is 6.44. The van der Waals surface area contributed by atoms with E-state index in [0.717, 1.165) is 10.6 Å². The van der Waals surface area contributed by atoms with E-state index in [9.17, 15) is 14.7 Å². The van der Waals surface area contributed by atoms with Gasteiger partial charge in [-0.25, -0.2) is 10.6 Å². The number of para-hydroxylation sites is 1. The van der Waals surface area contributed by atoms with Crippen LogP contribution in [-0.4, -0.2) is 16.9 Å². The summed E-state index contributed by atoms with van der Waals surface area (Å²) in [5.41, 5.74) is 2.09. The van der Waals surface area contributed by atoms with Gasteiger partial charge in [-0.05, 0) is 29.7 Å². The molecule has 3 aromatic carbocycles. The molecule has 146 valence electrons. The molecule has 0 saturated carbocycles. The molecule has 3 N–H and O–H groups in total. The molecule has 0 aromatic heterocycles. The Kier molecular flexibility index (Phi) is 6.22. The number of hydrogen-bond donors (Lipinski definition) is 2. The average molecular weight is 386 g/mol. The van der Waals surface area contributed by atoms with Crippen molar-refractivity contribution in [2.75, 3.05) is 5.01 Å². The number of carbonyl (C=O) groups is 2. The lowest BCUT2D eigenvalue weighted by Crippen LogP contribution is -2.36. The predicted octanol–water partition coefficient (Wildman–Crippen LogP) is 4.31. The molecule has 0 amide bonds. The Hall–Kier alpha value is -3.70. The van der Waals surface area contributed by atoms with Crippen LogP contribution in [0.2, 0.25) is 0 Å². The van der Waals surface area contributed by atoms with Gasteiger partial charge in [-0.3, -0.25) is 9.80 Å². The van der Waals surface area contributed by atoms with Gasteiger partial charge >= 0.3 is 5.97 Å². The lowest BCUT2D eigenvalue weighted by Gasteiger charge is -2.23. The first-order valence-corrected chi connectivity index (χ1v) is 9.30. The molecule has 0 bridgehead atoms. The summed E-state index contributed by atoms with van der Waals surface area (Å²) in [6, 6.07) is 24.6. The highest BCUT2D eigenvalue weighted by Gasteiger charge is 2.28. The van der Waals surface area contributed by atoms with Crippen LogP contribution in [0.1, 0.15) is 28.4 Å². The number of anilines is 1. The number of Topliss-reactive ketones (excluding diaryl/α,β-unsaturated/α-hetero) is 1. The third kappa shape index (κ3) is 4.25. The van der Waals surface area contributed by atoms with E-state index in [1.165, 1.54) is 0 Å². The number of aliphatic carboxylic acids is 1. The lowest BCUT2D eigenvalue weighted by molar-refractivity contribution is -0.132. The molecule has 3 aromatic rings. The van der Waals surface area contributed by atoms with E-state index in [1.807, 2.05) is 25.1 Å². The highest BCUT2D eigenvalue weighted by atomic mass is 16.4. The number of ketones is 1. The summed E-state index contributed by atoms with van der Waals surface area (Å²) in [6.07, 6.45) is 0.643. The summed E-state index contributed by atoms with van der Waals surface area (Å²) in [7, 11) is 0. The van der Waals surface area contributed by atoms with Gasteiger partial charge in [0.2, 0.25) is 0 Å². The maximum absolute atomic E-state index is 13.5. The number of nitrogens with two attached hydrogens (primary N) is 1. The van der Waals surface area contributed by atoms with Gasteiger partial charge in [0.1, 0.15) is 0 Å². The maximum atomic E-state index is 13.5. The minimum absolute atomic E-state index is 0.0625. The Balaban J connectivity index is 2.32. The third-order valence-corrected chi connectivity index (χ3v) is 4.65. The number of carboxylic acids is 1. The number of allylic oxidation sites excluding steroid dienone is 1. The van der Waals surface area contributed by atoms with Crippen molar-refractivity contribution in [1.82, 2.24) is 0 Å². The number of carbonyl (C=O) groups excluding carboxylic acids is 1. The summed E-state index contributed by atoms with van der Waals surface area (Å²) >= 11 is 0. The van der Waals surface area contributed by atoms with E-state index in [-0.39, 0.29) is 11.3 Å². The Labute approximate surface area is 169 Å². The van der Waals surface area contributed by atoms with Crippen LogP contribution in [0.5, 0.6) is 0 Å². The molecule has 5 nitrogen and oxygen atoms in total. The van der Waals surface area contributed by atoms with Crippen molar-refractivity contribution in [3.63, 3.8) is 0 Å². The van der Waals surface area contributed by atoms with Crippen molar-refractivity contribution in [3.05, 3.63) is 107 Å². The van der Waals surface area contributed by atoms with Crippen molar-refractivity contribution in [3.8, 4) is 0 Å². The largest absolute Gasteiger partial charge is 0.477 e. The fraction of sp³-hybridized carbons (Fsp3) is 0.0833. The monoisotopic (exact) mass is 386 g/mol. The van der Waals surface area contributed by atoms with E-state index in [1.54, 1.807) is 66.7 Å². The van der Waals surface area contributed by atoms with Crippen LogP contribution in [0.25, 0.3) is 5.57 Å². The van der Waals surface area contributed by atoms with Crippen molar-refractivity contribution in [1.29, 1.82) is 0 Å². The van der Waals surface area contributed by atoms with E-state index in [2.05, 4.69) is 0 Å². The van der Waals surface area contributed by atoms with Crippen molar-refractivity contribution >= 4 is 23.0 Å². The Morgan fingerprint density at radius 1 is 0.862 bits per heavy atom. The average Bonchev–Trinajstić information content (AvgIpc) is 2.77. The van der Waals surface area contributed by atoms with Crippen LogP contribution in [0.15, 0.2) is 90.6 Å². The number of hydrogen-bond acceptors (Lipinski definition) is 4. The molecular formula is C24H22N2O3. The molecule has 3 rings (SSSR count). The molecular weight excluding hydrogens is 364 g/mol. The SMILES string of the molecule is CCc1ccccc1C(C(=O)c1ccccc1)=C(C(=O)O)N(N)c1ccccc1. The summed E-state index contributed by atoms with van der Waals surface area (Å²) in [6.45, 7) is 1.96. The molecule has 0 unspecified atom stereocenters. The molecule has 0 fully saturated rings. The van der Waals surface area contributed by atoms with Crippen LogP contribution in [-0.2, 0) is 11.2 Å². The van der Waals surface area contributed by atoms with Gasteiger partial charge in [0.05, 0.1) is 11.3 Å². The van der Waals surface area contributed by atoms with Crippen LogP contribution < -0.4 is 10.9 Å². The molecule has 0 atom stereocenters. The minimum Gasteiger partial charge on any atom is -0.477 e. The van der Waals surface area contributed by atoms with Gasteiger partial charge in [-0.15, -0.1) is 0 Å². The van der Waals surface area contributed by atoms with Gasteiger partial charge in [0, 0.05) is 5.56 Å². The summed E-state index contributed by atoms with van der Waals surface area (Å²) in [5.74, 6) is 4.56. The van der Waals surface area contributed by atoms with Crippen LogP contribution in [0.3, 0.4) is 0 Å². The van der Waals surface area contributed by atoms with E-state index in [0.29, 0.717) is 23.2 Å². The minimum atomic E-state index is -1.28. The molecule has 5 heteroatoms. The van der Waals surface area contributed by atoms with Crippen molar-refractivity contribution in [2.24, 2.45) is 5.84 Å². The van der Waals surface area contributed by atoms with E-state index < -0.39 is 11.8 Å². The Morgan fingerprint density at radius 3 is 2.00 bits per heavy atom. The molecule has 0 aliphatic rings. The standard InChI is InChI=1S/C24H22N2O3/c1-2-17-11-9-10-16-20(17)21(23(27)18-12-5-3-6-13-18)22(24(28)29)26(25)19-14-7-4-8-15-19/h3-16H,2,25H2,1H3,(H,28,29). The number of nitrogens with zero attached hydrogens (tertiary/aromatic N) is 1. The van der Waals surface area contributed by atoms with Gasteiger partial charge in [-0.2, -0.15) is 0 Å². The third-order valence-electron chi connectivity index (χ3n) is 4.65. The van der Waals surface area contributed by atoms with E-state index >= 15 is 0 Å². The second-order valence-electron chi connectivity index (χ2n) is 6.44. The van der Waals surface area contributed by atoms with Crippen molar-refractivity contribution in [2.45, 2.75) is 13.3 Å². The van der Waals surface area contributed by atoms with Gasteiger partial charge in [0.25, 0.3) is 0 Å². The fourth-order valence-corrected chi connectivity index (χ4v) is 3.21. The van der Waals surface area contributed by atoms with Crippen LogP contribution in [0.4, 0.5) is 5.69 Å². The Bertz CT molecular complexity index is 1040. The van der Waals surface area contributed by atoms with Gasteiger partial charge in [-0.1, -0.05) is 79.7 Å². The molecule has 0 radical (unpaired) electrons. The summed E-state index contributed by atoms with van der Waals surface area (Å²) in [5, 5.41) is 11.1. The molecule has 0 aliphatic carbocycles. The number of rotatable bonds is 7. The number of benzene rings is 3. The van der Waals surface area contributed by atoms with Crippen LogP contribution >= 0.6 is 0 Å². The fourth-order valence-electron chi connectivity index (χ4n) is 3.21. The van der Waals surface area contributed by atoms with Crippen molar-refractivity contribution < 1.29 is 14.7 Å². The first kappa shape index (κ1) is 20.0. The maximum Gasteiger partial charge on any atom is 0.354 e. The summed E-state index contributed by atoms with van der Waals surface area (Å²) < 4.78 is 0. The number of carboxylic acid groups (broad SMARTS) is 1. The quantitative estimate of drug-likeness (QED) is 0.274. The zero-order valence-electron chi connectivity index (χ0n) is 16.1. The first-order valence-electron chi connectivity index (χ1n) is 9.30. The normalized spacial score (nSPS) is 11.5. The highest BCUT2D eigenvalue weighted by molar-refractivity contribution is 6.33. The lowest BCUT2D eigenvalue weighted by atomic mass is 9.90. The highest BCUT2D eigenvalue weighted by Crippen LogP contribution is 2.30. The van der Waals surface area contributed by atoms with E-state index in [4.69, 9.17) is 5.84 Å². The van der Waals surface area contributed by atoms with Gasteiger partial charge in [0.15, 0.2) is 11.5 Å². The van der Waals surface area contributed by atoms with Crippen LogP contribution in [0, 0.1) is 0 Å². The Morgan fingerprint density at radius 2 is 1.41 bits per heavy atom. The number of hydrazine groups is 1. The van der Waals surface area contributed by atoms with Gasteiger partial charge < -0.3 is 5.11 Å².